The first-order valence-electron chi connectivity index (χ1n) is 5.31. The van der Waals surface area contributed by atoms with Gasteiger partial charge in [-0.15, -0.1) is 0 Å². The van der Waals surface area contributed by atoms with Crippen molar-refractivity contribution in [1.29, 1.82) is 0 Å². The molecule has 0 amide bonds. The number of hydrogen-bond donors (Lipinski definition) is 1. The van der Waals surface area contributed by atoms with E-state index in [0.717, 1.165) is 30.9 Å². The van der Waals surface area contributed by atoms with Crippen molar-refractivity contribution in [2.75, 3.05) is 12.3 Å². The highest BCUT2D eigenvalue weighted by Crippen LogP contribution is 2.14. The lowest BCUT2D eigenvalue weighted by molar-refractivity contribution is 0.309. The maximum Gasteiger partial charge on any atom is 0.121 e. The number of nitrogen functional groups attached to an aromatic ring is 1. The molecule has 1 aromatic carbocycles. The van der Waals surface area contributed by atoms with E-state index in [4.69, 9.17) is 10.5 Å². The van der Waals surface area contributed by atoms with Crippen LogP contribution in [-0.2, 0) is 0 Å². The Bertz CT molecular complexity index is 236. The standard InChI is InChI=1S/C10H15NO.C2H6/c1-2-3-7-12-10-6-4-5-9(11)8-10;1-2/h4-6,8H,2-3,7,11H2,1H3;1-2H3. The second kappa shape index (κ2) is 8.42. The van der Waals surface area contributed by atoms with Crippen molar-refractivity contribution in [3.63, 3.8) is 0 Å². The van der Waals surface area contributed by atoms with Crippen LogP contribution in [0.3, 0.4) is 0 Å². The minimum absolute atomic E-state index is 0.754. The van der Waals surface area contributed by atoms with E-state index in [1.165, 1.54) is 0 Å². The second-order valence-electron chi connectivity index (χ2n) is 2.77. The first-order chi connectivity index (χ1) is 6.83. The minimum Gasteiger partial charge on any atom is -0.494 e. The van der Waals surface area contributed by atoms with E-state index in [0.29, 0.717) is 0 Å². The highest BCUT2D eigenvalue weighted by Gasteiger charge is 1.92. The molecular weight excluding hydrogens is 174 g/mol. The highest BCUT2D eigenvalue weighted by atomic mass is 16.5. The molecule has 0 aromatic heterocycles. The van der Waals surface area contributed by atoms with Gasteiger partial charge in [0.15, 0.2) is 0 Å². The van der Waals surface area contributed by atoms with Crippen LogP contribution in [0.15, 0.2) is 24.3 Å². The normalized spacial score (nSPS) is 8.79. The molecule has 0 aliphatic rings. The number of benzene rings is 1. The van der Waals surface area contributed by atoms with Crippen molar-refractivity contribution in [3.8, 4) is 5.75 Å². The monoisotopic (exact) mass is 195 g/mol. The number of ether oxygens (including phenoxy) is 1. The van der Waals surface area contributed by atoms with Crippen LogP contribution < -0.4 is 10.5 Å². The lowest BCUT2D eigenvalue weighted by Gasteiger charge is -2.04. The summed E-state index contributed by atoms with van der Waals surface area (Å²) in [7, 11) is 0. The Balaban J connectivity index is 0.000000791. The fourth-order valence-corrected chi connectivity index (χ4v) is 0.939. The first kappa shape index (κ1) is 12.8. The molecule has 0 saturated carbocycles. The molecule has 0 aliphatic carbocycles. The lowest BCUT2D eigenvalue weighted by atomic mass is 10.3. The number of anilines is 1. The zero-order valence-electron chi connectivity index (χ0n) is 9.42. The average Bonchev–Trinajstić information content (AvgIpc) is 2.21. The van der Waals surface area contributed by atoms with Gasteiger partial charge in [-0.1, -0.05) is 33.3 Å². The Morgan fingerprint density at radius 3 is 2.57 bits per heavy atom. The largest absolute Gasteiger partial charge is 0.494 e. The van der Waals surface area contributed by atoms with Crippen molar-refractivity contribution in [2.45, 2.75) is 33.6 Å². The number of nitrogens with two attached hydrogens (primary N) is 1. The molecule has 0 unspecified atom stereocenters. The van der Waals surface area contributed by atoms with Crippen LogP contribution in [0, 0.1) is 0 Å². The molecule has 0 atom stereocenters. The van der Waals surface area contributed by atoms with Crippen molar-refractivity contribution >= 4 is 5.69 Å². The summed E-state index contributed by atoms with van der Waals surface area (Å²) >= 11 is 0. The molecular formula is C12H21NO. The summed E-state index contributed by atoms with van der Waals surface area (Å²) in [6, 6.07) is 7.52. The van der Waals surface area contributed by atoms with Gasteiger partial charge < -0.3 is 10.5 Å². The second-order valence-corrected chi connectivity index (χ2v) is 2.77. The molecule has 0 radical (unpaired) electrons. The Morgan fingerprint density at radius 1 is 1.29 bits per heavy atom. The van der Waals surface area contributed by atoms with E-state index < -0.39 is 0 Å². The van der Waals surface area contributed by atoms with E-state index in [1.54, 1.807) is 0 Å². The summed E-state index contributed by atoms with van der Waals surface area (Å²) in [5.74, 6) is 0.864. The van der Waals surface area contributed by atoms with E-state index in [1.807, 2.05) is 38.1 Å². The third-order valence-electron chi connectivity index (χ3n) is 1.62. The molecule has 0 fully saturated rings. The van der Waals surface area contributed by atoms with Crippen LogP contribution >= 0.6 is 0 Å². The Kier molecular flexibility index (Phi) is 7.71. The third-order valence-corrected chi connectivity index (χ3v) is 1.62. The fraction of sp³-hybridized carbons (Fsp3) is 0.500. The minimum atomic E-state index is 0.754. The van der Waals surface area contributed by atoms with Crippen LogP contribution in [0.4, 0.5) is 5.69 Å². The van der Waals surface area contributed by atoms with E-state index in [2.05, 4.69) is 6.92 Å². The summed E-state index contributed by atoms with van der Waals surface area (Å²) in [5.41, 5.74) is 6.34. The quantitative estimate of drug-likeness (QED) is 0.589. The van der Waals surface area contributed by atoms with Crippen LogP contribution in [0.5, 0.6) is 5.75 Å². The predicted octanol–water partition coefficient (Wildman–Crippen LogP) is 3.47. The van der Waals surface area contributed by atoms with Gasteiger partial charge >= 0.3 is 0 Å². The summed E-state index contributed by atoms with van der Waals surface area (Å²) in [6.45, 7) is 6.92. The smallest absolute Gasteiger partial charge is 0.121 e. The van der Waals surface area contributed by atoms with Crippen molar-refractivity contribution < 1.29 is 4.74 Å². The van der Waals surface area contributed by atoms with Gasteiger partial charge in [-0.3, -0.25) is 0 Å². The zero-order chi connectivity index (χ0) is 10.8. The zero-order valence-corrected chi connectivity index (χ0v) is 9.42. The van der Waals surface area contributed by atoms with Gasteiger partial charge in [0.1, 0.15) is 5.75 Å². The molecule has 1 rings (SSSR count). The van der Waals surface area contributed by atoms with Crippen LogP contribution in [0.25, 0.3) is 0 Å². The van der Waals surface area contributed by atoms with Crippen LogP contribution in [-0.4, -0.2) is 6.61 Å². The third kappa shape index (κ3) is 5.46. The maximum atomic E-state index is 5.58. The van der Waals surface area contributed by atoms with Gasteiger partial charge in [-0.25, -0.2) is 0 Å². The van der Waals surface area contributed by atoms with Gasteiger partial charge in [-0.05, 0) is 18.6 Å². The fourth-order valence-electron chi connectivity index (χ4n) is 0.939. The molecule has 0 saturated heterocycles. The first-order valence-corrected chi connectivity index (χ1v) is 5.31. The highest BCUT2D eigenvalue weighted by molar-refractivity contribution is 5.43. The Hall–Kier alpha value is -1.18. The molecule has 14 heavy (non-hydrogen) atoms. The van der Waals surface area contributed by atoms with Crippen molar-refractivity contribution in [2.24, 2.45) is 0 Å². The van der Waals surface area contributed by atoms with Crippen LogP contribution in [0.2, 0.25) is 0 Å². The van der Waals surface area contributed by atoms with E-state index >= 15 is 0 Å². The Labute approximate surface area is 87.1 Å². The predicted molar refractivity (Wildman–Crippen MR) is 62.6 cm³/mol. The maximum absolute atomic E-state index is 5.58. The number of unbranched alkanes of at least 4 members (excludes halogenated alkanes) is 1. The molecule has 0 heterocycles. The molecule has 0 aliphatic heterocycles. The number of rotatable bonds is 4. The lowest BCUT2D eigenvalue weighted by Crippen LogP contribution is -1.96. The SMILES string of the molecule is CC.CCCCOc1cccc(N)c1. The molecule has 2 nitrogen and oxygen atoms in total. The van der Waals surface area contributed by atoms with Gasteiger partial charge in [0, 0.05) is 11.8 Å². The summed E-state index contributed by atoms with van der Waals surface area (Å²) < 4.78 is 5.45. The topological polar surface area (TPSA) is 35.2 Å². The summed E-state index contributed by atoms with van der Waals surface area (Å²) in [4.78, 5) is 0. The molecule has 2 heteroatoms. The molecule has 0 spiro atoms. The van der Waals surface area contributed by atoms with Gasteiger partial charge in [-0.2, -0.15) is 0 Å². The van der Waals surface area contributed by atoms with E-state index in [9.17, 15) is 0 Å². The summed E-state index contributed by atoms with van der Waals surface area (Å²) in [6.07, 6.45) is 2.25. The van der Waals surface area contributed by atoms with Gasteiger partial charge in [0.05, 0.1) is 6.61 Å². The van der Waals surface area contributed by atoms with Gasteiger partial charge in [0.25, 0.3) is 0 Å². The summed E-state index contributed by atoms with van der Waals surface area (Å²) in [5, 5.41) is 0. The molecule has 80 valence electrons. The Morgan fingerprint density at radius 2 is 2.00 bits per heavy atom. The van der Waals surface area contributed by atoms with Crippen molar-refractivity contribution in [3.05, 3.63) is 24.3 Å². The van der Waals surface area contributed by atoms with Gasteiger partial charge in [0.2, 0.25) is 0 Å². The number of hydrogen-bond acceptors (Lipinski definition) is 2. The molecule has 0 bridgehead atoms. The van der Waals surface area contributed by atoms with E-state index in [-0.39, 0.29) is 0 Å². The average molecular weight is 195 g/mol. The van der Waals surface area contributed by atoms with Crippen molar-refractivity contribution in [1.82, 2.24) is 0 Å². The molecule has 1 aromatic rings. The molecule has 2 N–H and O–H groups in total. The van der Waals surface area contributed by atoms with Crippen LogP contribution in [0.1, 0.15) is 33.6 Å².